The van der Waals surface area contributed by atoms with E-state index >= 15 is 0 Å². The smallest absolute Gasteiger partial charge is 0.246 e. The molecule has 0 aliphatic carbocycles. The molecule has 2 amide bonds. The molecule has 21 heavy (non-hydrogen) atoms. The average molecular weight is 287 g/mol. The fraction of sp³-hybridized carbons (Fsp3) is 0.429. The third-order valence-corrected chi connectivity index (χ3v) is 3.80. The summed E-state index contributed by atoms with van der Waals surface area (Å²) in [5.41, 5.74) is 1.51. The van der Waals surface area contributed by atoms with Crippen molar-refractivity contribution in [3.05, 3.63) is 24.3 Å². The summed E-state index contributed by atoms with van der Waals surface area (Å²) < 4.78 is 0. The van der Waals surface area contributed by atoms with Crippen molar-refractivity contribution >= 4 is 22.8 Å². The molecule has 1 atom stereocenters. The van der Waals surface area contributed by atoms with Crippen LogP contribution in [-0.4, -0.2) is 62.8 Å². The zero-order valence-corrected chi connectivity index (χ0v) is 12.1. The van der Waals surface area contributed by atoms with E-state index in [1.807, 2.05) is 24.3 Å². The minimum atomic E-state index is -0.429. The van der Waals surface area contributed by atoms with E-state index < -0.39 is 6.04 Å². The Labute approximate surface area is 122 Å². The van der Waals surface area contributed by atoms with Gasteiger partial charge in [-0.3, -0.25) is 9.59 Å². The van der Waals surface area contributed by atoms with Gasteiger partial charge in [0.1, 0.15) is 23.6 Å². The van der Waals surface area contributed by atoms with Crippen molar-refractivity contribution in [3.8, 4) is 0 Å². The van der Waals surface area contributed by atoms with Crippen LogP contribution in [0.25, 0.3) is 11.0 Å². The molecule has 0 spiro atoms. The lowest BCUT2D eigenvalue weighted by molar-refractivity contribution is -0.149. The van der Waals surface area contributed by atoms with Gasteiger partial charge in [-0.25, -0.2) is 0 Å². The highest BCUT2D eigenvalue weighted by Gasteiger charge is 2.32. The topological polar surface area (TPSA) is 71.3 Å². The Morgan fingerprint density at radius 2 is 1.86 bits per heavy atom. The number of likely N-dealkylation sites (N-methyl/N-ethyl adjacent to an activating group) is 1. The van der Waals surface area contributed by atoms with Crippen LogP contribution < -0.4 is 0 Å². The maximum atomic E-state index is 12.4. The maximum absolute atomic E-state index is 12.4. The highest BCUT2D eigenvalue weighted by atomic mass is 16.2. The first-order valence-electron chi connectivity index (χ1n) is 6.90. The number of aromatic nitrogens is 3. The molecule has 0 saturated carbocycles. The van der Waals surface area contributed by atoms with Crippen LogP contribution in [0.3, 0.4) is 0 Å². The molecule has 1 saturated heterocycles. The lowest BCUT2D eigenvalue weighted by Crippen LogP contribution is -2.56. The number of carbonyl (C=O) groups is 2. The van der Waals surface area contributed by atoms with Crippen LogP contribution in [0.5, 0.6) is 0 Å². The van der Waals surface area contributed by atoms with Crippen LogP contribution in [0.1, 0.15) is 6.92 Å². The molecule has 1 aromatic heterocycles. The molecular formula is C14H17N5O2. The van der Waals surface area contributed by atoms with Crippen LogP contribution in [-0.2, 0) is 16.1 Å². The fourth-order valence-electron chi connectivity index (χ4n) is 2.54. The van der Waals surface area contributed by atoms with Gasteiger partial charge >= 0.3 is 0 Å². The van der Waals surface area contributed by atoms with Gasteiger partial charge in [0.15, 0.2) is 0 Å². The Hall–Kier alpha value is -2.44. The van der Waals surface area contributed by atoms with E-state index in [9.17, 15) is 9.59 Å². The van der Waals surface area contributed by atoms with Crippen molar-refractivity contribution in [1.29, 1.82) is 0 Å². The van der Waals surface area contributed by atoms with Gasteiger partial charge in [-0.1, -0.05) is 12.1 Å². The molecule has 1 fully saturated rings. The molecule has 1 aliphatic rings. The number of carbonyl (C=O) groups excluding carboxylic acids is 2. The summed E-state index contributed by atoms with van der Waals surface area (Å²) >= 11 is 0. The number of hydrogen-bond acceptors (Lipinski definition) is 4. The number of nitrogens with zero attached hydrogens (tertiary/aromatic N) is 5. The van der Waals surface area contributed by atoms with Gasteiger partial charge < -0.3 is 9.80 Å². The van der Waals surface area contributed by atoms with E-state index in [4.69, 9.17) is 0 Å². The number of amides is 2. The van der Waals surface area contributed by atoms with Crippen LogP contribution in [0.2, 0.25) is 0 Å². The Morgan fingerprint density at radius 3 is 2.48 bits per heavy atom. The van der Waals surface area contributed by atoms with Crippen molar-refractivity contribution in [3.63, 3.8) is 0 Å². The molecule has 1 aliphatic heterocycles. The van der Waals surface area contributed by atoms with Crippen molar-refractivity contribution < 1.29 is 9.59 Å². The Morgan fingerprint density at radius 1 is 1.24 bits per heavy atom. The molecule has 3 rings (SSSR count). The Balaban J connectivity index is 1.75. The third kappa shape index (κ3) is 2.46. The molecule has 1 aromatic carbocycles. The van der Waals surface area contributed by atoms with Gasteiger partial charge in [-0.05, 0) is 19.1 Å². The van der Waals surface area contributed by atoms with Crippen molar-refractivity contribution in [1.82, 2.24) is 24.8 Å². The van der Waals surface area contributed by atoms with Crippen molar-refractivity contribution in [2.24, 2.45) is 0 Å². The van der Waals surface area contributed by atoms with Crippen LogP contribution >= 0.6 is 0 Å². The SMILES string of the molecule is CC1C(=O)N(C)CCN1C(=O)Cn1nc2ccccc2n1. The Kier molecular flexibility index (Phi) is 3.32. The van der Waals surface area contributed by atoms with Gasteiger partial charge in [-0.15, -0.1) is 0 Å². The van der Waals surface area contributed by atoms with Crippen LogP contribution in [0.15, 0.2) is 24.3 Å². The number of hydrogen-bond donors (Lipinski definition) is 0. The van der Waals surface area contributed by atoms with E-state index in [1.165, 1.54) is 4.80 Å². The lowest BCUT2D eigenvalue weighted by atomic mass is 10.2. The maximum Gasteiger partial charge on any atom is 0.246 e. The predicted octanol–water partition coefficient (Wildman–Crippen LogP) is 0.120. The number of rotatable bonds is 2. The molecule has 110 valence electrons. The molecule has 1 unspecified atom stereocenters. The molecular weight excluding hydrogens is 270 g/mol. The number of benzene rings is 1. The first-order chi connectivity index (χ1) is 10.1. The van der Waals surface area contributed by atoms with Gasteiger partial charge in [0, 0.05) is 20.1 Å². The van der Waals surface area contributed by atoms with E-state index in [-0.39, 0.29) is 18.4 Å². The van der Waals surface area contributed by atoms with Crippen LogP contribution in [0, 0.1) is 0 Å². The molecule has 2 heterocycles. The highest BCUT2D eigenvalue weighted by molar-refractivity contribution is 5.88. The summed E-state index contributed by atoms with van der Waals surface area (Å²) in [6.45, 7) is 2.91. The van der Waals surface area contributed by atoms with Crippen LogP contribution in [0.4, 0.5) is 0 Å². The normalized spacial score (nSPS) is 19.3. The molecule has 2 aromatic rings. The Bertz CT molecular complexity index is 662. The standard InChI is InChI=1S/C14H17N5O2/c1-10-14(21)17(2)7-8-18(10)13(20)9-19-15-11-5-3-4-6-12(11)16-19/h3-6,10H,7-9H2,1-2H3. The minimum absolute atomic E-state index is 0.0341. The minimum Gasteiger partial charge on any atom is -0.342 e. The zero-order valence-electron chi connectivity index (χ0n) is 12.1. The molecule has 7 heteroatoms. The van der Waals surface area contributed by atoms with E-state index in [0.29, 0.717) is 13.1 Å². The first-order valence-corrected chi connectivity index (χ1v) is 6.90. The van der Waals surface area contributed by atoms with E-state index in [0.717, 1.165) is 11.0 Å². The van der Waals surface area contributed by atoms with Gasteiger partial charge in [-0.2, -0.15) is 15.0 Å². The number of piperazine rings is 1. The van der Waals surface area contributed by atoms with Gasteiger partial charge in [0.05, 0.1) is 0 Å². The molecule has 0 radical (unpaired) electrons. The van der Waals surface area contributed by atoms with Gasteiger partial charge in [0.2, 0.25) is 11.8 Å². The van der Waals surface area contributed by atoms with Gasteiger partial charge in [0.25, 0.3) is 0 Å². The lowest BCUT2D eigenvalue weighted by Gasteiger charge is -2.37. The third-order valence-electron chi connectivity index (χ3n) is 3.80. The number of fused-ring (bicyclic) bond motifs is 1. The summed E-state index contributed by atoms with van der Waals surface area (Å²) in [6, 6.07) is 7.03. The predicted molar refractivity (Wildman–Crippen MR) is 76.3 cm³/mol. The molecule has 0 N–H and O–H groups in total. The zero-order chi connectivity index (χ0) is 15.0. The second-order valence-electron chi connectivity index (χ2n) is 5.24. The summed E-state index contributed by atoms with van der Waals surface area (Å²) in [4.78, 5) is 28.9. The highest BCUT2D eigenvalue weighted by Crippen LogP contribution is 2.11. The fourth-order valence-corrected chi connectivity index (χ4v) is 2.54. The summed E-state index contributed by atoms with van der Waals surface area (Å²) in [5, 5.41) is 8.54. The van der Waals surface area contributed by atoms with Crippen molar-refractivity contribution in [2.45, 2.75) is 19.5 Å². The summed E-state index contributed by atoms with van der Waals surface area (Å²) in [5.74, 6) is -0.169. The first kappa shape index (κ1) is 13.5. The van der Waals surface area contributed by atoms with E-state index in [2.05, 4.69) is 10.2 Å². The molecule has 7 nitrogen and oxygen atoms in total. The monoisotopic (exact) mass is 287 g/mol. The van der Waals surface area contributed by atoms with E-state index in [1.54, 1.807) is 23.8 Å². The quantitative estimate of drug-likeness (QED) is 0.786. The van der Waals surface area contributed by atoms with Crippen molar-refractivity contribution in [2.75, 3.05) is 20.1 Å². The summed E-state index contributed by atoms with van der Waals surface area (Å²) in [7, 11) is 1.75. The average Bonchev–Trinajstić information content (AvgIpc) is 2.86. The largest absolute Gasteiger partial charge is 0.342 e. The summed E-state index contributed by atoms with van der Waals surface area (Å²) in [6.07, 6.45) is 0. The second-order valence-corrected chi connectivity index (χ2v) is 5.24. The second kappa shape index (κ2) is 5.16. The molecule has 0 bridgehead atoms.